The van der Waals surface area contributed by atoms with E-state index in [0.29, 0.717) is 22.8 Å². The van der Waals surface area contributed by atoms with Crippen LogP contribution in [0.3, 0.4) is 0 Å². The summed E-state index contributed by atoms with van der Waals surface area (Å²) in [5, 5.41) is 29.7. The summed E-state index contributed by atoms with van der Waals surface area (Å²) in [5.74, 6) is -1.11. The zero-order valence-electron chi connectivity index (χ0n) is 19.2. The lowest BCUT2D eigenvalue weighted by Gasteiger charge is -2.09. The van der Waals surface area contributed by atoms with Crippen LogP contribution in [-0.4, -0.2) is 44.5 Å². The Kier molecular flexibility index (Phi) is 7.77. The van der Waals surface area contributed by atoms with Gasteiger partial charge in [0.1, 0.15) is 5.82 Å². The van der Waals surface area contributed by atoms with Crippen LogP contribution in [0, 0.1) is 0 Å². The number of carbonyl (C=O) groups is 2. The SMILES string of the molecule is O=C(O)c1cccc(C=NNc2cc(Nc3ccccc3)nc(NN=Cc3cccc(C(=O)O)c3)n2)c1. The van der Waals surface area contributed by atoms with Crippen molar-refractivity contribution in [3.05, 3.63) is 107 Å². The second-order valence-electron chi connectivity index (χ2n) is 7.55. The van der Waals surface area contributed by atoms with Crippen LogP contribution in [0.4, 0.5) is 23.3 Å². The van der Waals surface area contributed by atoms with E-state index in [1.807, 2.05) is 30.3 Å². The van der Waals surface area contributed by atoms with Gasteiger partial charge >= 0.3 is 11.9 Å². The Balaban J connectivity index is 1.53. The standard InChI is InChI=1S/C26H21N7O4/c34-24(35)19-8-4-6-17(12-19)15-27-32-23-14-22(29-21-10-2-1-3-11-21)30-26(31-23)33-28-16-18-7-5-9-20(13-18)25(36)37/h1-16H,(H,34,35)(H,36,37)(H3,29,30,31,32,33). The topological polar surface area (TPSA) is 161 Å². The summed E-state index contributed by atoms with van der Waals surface area (Å²) >= 11 is 0. The Bertz CT molecular complexity index is 1390. The van der Waals surface area contributed by atoms with E-state index in [1.54, 1.807) is 30.3 Å². The molecule has 0 fully saturated rings. The molecule has 0 saturated carbocycles. The maximum Gasteiger partial charge on any atom is 0.335 e. The van der Waals surface area contributed by atoms with E-state index in [2.05, 4.69) is 36.3 Å². The average molecular weight is 495 g/mol. The zero-order valence-corrected chi connectivity index (χ0v) is 19.2. The van der Waals surface area contributed by atoms with Gasteiger partial charge in [0.25, 0.3) is 0 Å². The highest BCUT2D eigenvalue weighted by molar-refractivity contribution is 5.91. The van der Waals surface area contributed by atoms with Crippen LogP contribution in [0.5, 0.6) is 0 Å². The van der Waals surface area contributed by atoms with Crippen molar-refractivity contribution in [2.75, 3.05) is 16.2 Å². The van der Waals surface area contributed by atoms with Crippen LogP contribution in [-0.2, 0) is 0 Å². The Morgan fingerprint density at radius 3 is 1.84 bits per heavy atom. The number of aromatic carboxylic acids is 2. The van der Waals surface area contributed by atoms with Gasteiger partial charge in [-0.3, -0.25) is 5.43 Å². The minimum Gasteiger partial charge on any atom is -0.478 e. The smallest absolute Gasteiger partial charge is 0.335 e. The van der Waals surface area contributed by atoms with Crippen LogP contribution in [0.1, 0.15) is 31.8 Å². The molecule has 184 valence electrons. The summed E-state index contributed by atoms with van der Waals surface area (Å²) < 4.78 is 0. The molecule has 0 atom stereocenters. The van der Waals surface area contributed by atoms with Gasteiger partial charge in [-0.05, 0) is 47.5 Å². The van der Waals surface area contributed by atoms with Gasteiger partial charge in [0.15, 0.2) is 5.82 Å². The number of hydrazone groups is 2. The molecule has 0 spiro atoms. The molecule has 0 bridgehead atoms. The Hall–Kier alpha value is -5.58. The minimum absolute atomic E-state index is 0.146. The molecule has 1 aromatic heterocycles. The van der Waals surface area contributed by atoms with Crippen molar-refractivity contribution in [2.45, 2.75) is 0 Å². The molecule has 0 amide bonds. The summed E-state index contributed by atoms with van der Waals surface area (Å²) in [6.07, 6.45) is 2.92. The maximum atomic E-state index is 11.2. The van der Waals surface area contributed by atoms with E-state index >= 15 is 0 Å². The first-order chi connectivity index (χ1) is 18.0. The molecule has 37 heavy (non-hydrogen) atoms. The largest absolute Gasteiger partial charge is 0.478 e. The molecule has 5 N–H and O–H groups in total. The predicted octanol–water partition coefficient (Wildman–Crippen LogP) is 4.51. The highest BCUT2D eigenvalue weighted by Crippen LogP contribution is 2.19. The first-order valence-corrected chi connectivity index (χ1v) is 10.9. The number of benzene rings is 3. The number of aromatic nitrogens is 2. The van der Waals surface area contributed by atoms with Crippen molar-refractivity contribution >= 4 is 47.6 Å². The van der Waals surface area contributed by atoms with E-state index in [4.69, 9.17) is 10.2 Å². The molecule has 0 aliphatic heterocycles. The predicted molar refractivity (Wildman–Crippen MR) is 141 cm³/mol. The summed E-state index contributed by atoms with van der Waals surface area (Å²) in [4.78, 5) is 31.1. The summed E-state index contributed by atoms with van der Waals surface area (Å²) in [6, 6.07) is 23.7. The van der Waals surface area contributed by atoms with Crippen LogP contribution in [0.25, 0.3) is 0 Å². The second kappa shape index (κ2) is 11.7. The quantitative estimate of drug-likeness (QED) is 0.157. The lowest BCUT2D eigenvalue weighted by Crippen LogP contribution is -2.04. The van der Waals surface area contributed by atoms with Crippen molar-refractivity contribution in [3.8, 4) is 0 Å². The van der Waals surface area contributed by atoms with E-state index < -0.39 is 11.9 Å². The third-order valence-corrected chi connectivity index (χ3v) is 4.81. The molecule has 11 heteroatoms. The molecule has 0 radical (unpaired) electrons. The van der Waals surface area contributed by atoms with Gasteiger partial charge in [0.05, 0.1) is 23.6 Å². The Labute approximate surface area is 211 Å². The molecule has 0 saturated heterocycles. The fourth-order valence-electron chi connectivity index (χ4n) is 3.13. The number of anilines is 4. The molecular weight excluding hydrogens is 474 g/mol. The lowest BCUT2D eigenvalue weighted by molar-refractivity contribution is 0.0686. The molecule has 0 unspecified atom stereocenters. The minimum atomic E-state index is -1.03. The van der Waals surface area contributed by atoms with Gasteiger partial charge in [-0.15, -0.1) is 0 Å². The molecule has 4 aromatic rings. The van der Waals surface area contributed by atoms with E-state index in [1.165, 1.54) is 36.7 Å². The number of rotatable bonds is 10. The molecule has 3 aromatic carbocycles. The van der Waals surface area contributed by atoms with E-state index in [-0.39, 0.29) is 17.1 Å². The number of carboxylic acid groups (broad SMARTS) is 2. The second-order valence-corrected chi connectivity index (χ2v) is 7.55. The molecule has 0 aliphatic rings. The fourth-order valence-corrected chi connectivity index (χ4v) is 3.13. The Morgan fingerprint density at radius 2 is 1.24 bits per heavy atom. The summed E-state index contributed by atoms with van der Waals surface area (Å²) in [6.45, 7) is 0. The van der Waals surface area contributed by atoms with Crippen molar-refractivity contribution in [1.29, 1.82) is 0 Å². The number of nitrogens with one attached hydrogen (secondary N) is 3. The maximum absolute atomic E-state index is 11.2. The van der Waals surface area contributed by atoms with E-state index in [0.717, 1.165) is 5.69 Å². The fraction of sp³-hybridized carbons (Fsp3) is 0. The molecule has 4 rings (SSSR count). The first-order valence-electron chi connectivity index (χ1n) is 10.9. The molecule has 1 heterocycles. The van der Waals surface area contributed by atoms with Crippen LogP contribution < -0.4 is 16.2 Å². The number of carboxylic acids is 2. The number of para-hydroxylation sites is 1. The van der Waals surface area contributed by atoms with Crippen LogP contribution >= 0.6 is 0 Å². The third kappa shape index (κ3) is 7.20. The van der Waals surface area contributed by atoms with Gasteiger partial charge in [-0.2, -0.15) is 20.2 Å². The zero-order chi connectivity index (χ0) is 26.0. The highest BCUT2D eigenvalue weighted by Gasteiger charge is 2.06. The molecular formula is C26H21N7O4. The number of hydrogen-bond acceptors (Lipinski definition) is 9. The van der Waals surface area contributed by atoms with Crippen molar-refractivity contribution < 1.29 is 19.8 Å². The van der Waals surface area contributed by atoms with Crippen molar-refractivity contribution in [2.24, 2.45) is 10.2 Å². The molecule has 11 nitrogen and oxygen atoms in total. The number of hydrogen-bond donors (Lipinski definition) is 5. The van der Waals surface area contributed by atoms with Gasteiger partial charge in [0, 0.05) is 11.8 Å². The van der Waals surface area contributed by atoms with Crippen molar-refractivity contribution in [3.63, 3.8) is 0 Å². The third-order valence-electron chi connectivity index (χ3n) is 4.81. The van der Waals surface area contributed by atoms with Crippen molar-refractivity contribution in [1.82, 2.24) is 9.97 Å². The Morgan fingerprint density at radius 1 is 0.676 bits per heavy atom. The summed E-state index contributed by atoms with van der Waals surface area (Å²) in [7, 11) is 0. The lowest BCUT2D eigenvalue weighted by atomic mass is 10.1. The summed E-state index contributed by atoms with van der Waals surface area (Å²) in [5.41, 5.74) is 7.83. The van der Waals surface area contributed by atoms with Gasteiger partial charge in [0.2, 0.25) is 5.95 Å². The first kappa shape index (κ1) is 24.5. The van der Waals surface area contributed by atoms with Gasteiger partial charge in [-0.25, -0.2) is 15.0 Å². The van der Waals surface area contributed by atoms with E-state index in [9.17, 15) is 9.59 Å². The number of nitrogens with zero attached hydrogens (tertiary/aromatic N) is 4. The highest BCUT2D eigenvalue weighted by atomic mass is 16.4. The van der Waals surface area contributed by atoms with Crippen LogP contribution in [0.2, 0.25) is 0 Å². The monoisotopic (exact) mass is 495 g/mol. The molecule has 0 aliphatic carbocycles. The van der Waals surface area contributed by atoms with Gasteiger partial charge in [-0.1, -0.05) is 42.5 Å². The average Bonchev–Trinajstić information content (AvgIpc) is 2.89. The van der Waals surface area contributed by atoms with Crippen LogP contribution in [0.15, 0.2) is 95.1 Å². The normalized spacial score (nSPS) is 10.9. The van der Waals surface area contributed by atoms with Gasteiger partial charge < -0.3 is 15.5 Å².